The predicted molar refractivity (Wildman–Crippen MR) is 81.8 cm³/mol. The van der Waals surface area contributed by atoms with Crippen LogP contribution in [0.3, 0.4) is 0 Å². The molecule has 1 aromatic carbocycles. The van der Waals surface area contributed by atoms with Crippen molar-refractivity contribution in [2.24, 2.45) is 5.41 Å². The van der Waals surface area contributed by atoms with Crippen molar-refractivity contribution in [3.05, 3.63) is 35.9 Å². The SMILES string of the molecule is CC(C)(C)C1(O)CCN(C(=O)OCc2ccccc2)CC1. The van der Waals surface area contributed by atoms with Gasteiger partial charge in [-0.25, -0.2) is 4.79 Å². The average molecular weight is 291 g/mol. The Hall–Kier alpha value is -1.55. The van der Waals surface area contributed by atoms with Crippen LogP contribution in [-0.4, -0.2) is 34.8 Å². The van der Waals surface area contributed by atoms with E-state index in [0.717, 1.165) is 5.56 Å². The Bertz CT molecular complexity index is 471. The molecule has 21 heavy (non-hydrogen) atoms. The van der Waals surface area contributed by atoms with Crippen LogP contribution in [-0.2, 0) is 11.3 Å². The highest BCUT2D eigenvalue weighted by molar-refractivity contribution is 5.67. The Morgan fingerprint density at radius 2 is 1.81 bits per heavy atom. The summed E-state index contributed by atoms with van der Waals surface area (Å²) in [5, 5.41) is 10.6. The number of ether oxygens (including phenoxy) is 1. The number of hydrogen-bond acceptors (Lipinski definition) is 3. The minimum absolute atomic E-state index is 0.174. The summed E-state index contributed by atoms with van der Waals surface area (Å²) in [5.41, 5.74) is 0.102. The van der Waals surface area contributed by atoms with E-state index in [9.17, 15) is 9.90 Å². The monoisotopic (exact) mass is 291 g/mol. The van der Waals surface area contributed by atoms with Crippen molar-refractivity contribution in [3.63, 3.8) is 0 Å². The number of nitrogens with zero attached hydrogens (tertiary/aromatic N) is 1. The van der Waals surface area contributed by atoms with E-state index in [2.05, 4.69) is 0 Å². The lowest BCUT2D eigenvalue weighted by molar-refractivity contribution is -0.0962. The average Bonchev–Trinajstić information content (AvgIpc) is 2.45. The second kappa shape index (κ2) is 6.06. The third-order valence-corrected chi connectivity index (χ3v) is 4.45. The summed E-state index contributed by atoms with van der Waals surface area (Å²) in [5.74, 6) is 0. The van der Waals surface area contributed by atoms with Gasteiger partial charge in [0.2, 0.25) is 0 Å². The molecule has 0 bridgehead atoms. The minimum atomic E-state index is -0.705. The van der Waals surface area contributed by atoms with Gasteiger partial charge in [-0.1, -0.05) is 51.1 Å². The highest BCUT2D eigenvalue weighted by Crippen LogP contribution is 2.38. The van der Waals surface area contributed by atoms with Gasteiger partial charge < -0.3 is 14.7 Å². The molecule has 1 N–H and O–H groups in total. The van der Waals surface area contributed by atoms with Gasteiger partial charge in [0.05, 0.1) is 5.60 Å². The molecule has 0 atom stereocenters. The predicted octanol–water partition coefficient (Wildman–Crippen LogP) is 3.20. The van der Waals surface area contributed by atoms with Crippen LogP contribution in [0.4, 0.5) is 4.79 Å². The highest BCUT2D eigenvalue weighted by Gasteiger charge is 2.43. The molecule has 4 heteroatoms. The smallest absolute Gasteiger partial charge is 0.410 e. The molecular formula is C17H25NO3. The third-order valence-electron chi connectivity index (χ3n) is 4.45. The van der Waals surface area contributed by atoms with Crippen molar-refractivity contribution >= 4 is 6.09 Å². The summed E-state index contributed by atoms with van der Waals surface area (Å²) in [6, 6.07) is 9.65. The standard InChI is InChI=1S/C17H25NO3/c1-16(2,3)17(20)9-11-18(12-10-17)15(19)21-13-14-7-5-4-6-8-14/h4-8,20H,9-13H2,1-3H3. The van der Waals surface area contributed by atoms with E-state index in [1.165, 1.54) is 0 Å². The lowest BCUT2D eigenvalue weighted by atomic mass is 9.71. The second-order valence-corrected chi connectivity index (χ2v) is 6.81. The first kappa shape index (κ1) is 15.8. The van der Waals surface area contributed by atoms with Crippen LogP contribution >= 0.6 is 0 Å². The minimum Gasteiger partial charge on any atom is -0.445 e. The zero-order chi connectivity index (χ0) is 15.5. The number of benzene rings is 1. The molecule has 2 rings (SSSR count). The molecule has 0 saturated carbocycles. The largest absolute Gasteiger partial charge is 0.445 e. The van der Waals surface area contributed by atoms with Gasteiger partial charge >= 0.3 is 6.09 Å². The van der Waals surface area contributed by atoms with Gasteiger partial charge in [-0.15, -0.1) is 0 Å². The molecule has 1 fully saturated rings. The Kier molecular flexibility index (Phi) is 4.57. The summed E-state index contributed by atoms with van der Waals surface area (Å²) < 4.78 is 5.33. The first-order chi connectivity index (χ1) is 9.82. The number of aliphatic hydroxyl groups is 1. The van der Waals surface area contributed by atoms with Crippen LogP contribution in [0, 0.1) is 5.41 Å². The number of amides is 1. The van der Waals surface area contributed by atoms with E-state index in [0.29, 0.717) is 32.5 Å². The van der Waals surface area contributed by atoms with Crippen molar-refractivity contribution in [1.82, 2.24) is 4.90 Å². The fourth-order valence-electron chi connectivity index (χ4n) is 2.62. The van der Waals surface area contributed by atoms with E-state index in [1.54, 1.807) is 4.90 Å². The molecular weight excluding hydrogens is 266 g/mol. The molecule has 0 aliphatic carbocycles. The van der Waals surface area contributed by atoms with E-state index >= 15 is 0 Å². The van der Waals surface area contributed by atoms with Crippen LogP contribution < -0.4 is 0 Å². The maximum atomic E-state index is 12.1. The number of piperidine rings is 1. The van der Waals surface area contributed by atoms with Crippen LogP contribution in [0.2, 0.25) is 0 Å². The fraction of sp³-hybridized carbons (Fsp3) is 0.588. The van der Waals surface area contributed by atoms with Crippen LogP contribution in [0.1, 0.15) is 39.2 Å². The topological polar surface area (TPSA) is 49.8 Å². The molecule has 0 aromatic heterocycles. The van der Waals surface area contributed by atoms with Crippen LogP contribution in [0.5, 0.6) is 0 Å². The second-order valence-electron chi connectivity index (χ2n) is 6.81. The molecule has 4 nitrogen and oxygen atoms in total. The molecule has 1 aliphatic rings. The Labute approximate surface area is 126 Å². The fourth-order valence-corrected chi connectivity index (χ4v) is 2.62. The van der Waals surface area contributed by atoms with Gasteiger partial charge in [-0.2, -0.15) is 0 Å². The van der Waals surface area contributed by atoms with Gasteiger partial charge in [0.25, 0.3) is 0 Å². The summed E-state index contributed by atoms with van der Waals surface area (Å²) >= 11 is 0. The first-order valence-corrected chi connectivity index (χ1v) is 7.50. The van der Waals surface area contributed by atoms with Crippen molar-refractivity contribution in [3.8, 4) is 0 Å². The number of carbonyl (C=O) groups excluding carboxylic acids is 1. The van der Waals surface area contributed by atoms with Crippen molar-refractivity contribution in [1.29, 1.82) is 0 Å². The summed E-state index contributed by atoms with van der Waals surface area (Å²) in [4.78, 5) is 13.7. The third kappa shape index (κ3) is 3.76. The Balaban J connectivity index is 1.84. The maximum absolute atomic E-state index is 12.1. The summed E-state index contributed by atoms with van der Waals surface area (Å²) in [7, 11) is 0. The first-order valence-electron chi connectivity index (χ1n) is 7.50. The van der Waals surface area contributed by atoms with Crippen molar-refractivity contribution in [2.45, 2.75) is 45.8 Å². The zero-order valence-corrected chi connectivity index (χ0v) is 13.1. The van der Waals surface area contributed by atoms with E-state index in [-0.39, 0.29) is 11.5 Å². The quantitative estimate of drug-likeness (QED) is 0.910. The van der Waals surface area contributed by atoms with Gasteiger partial charge in [0.15, 0.2) is 0 Å². The highest BCUT2D eigenvalue weighted by atomic mass is 16.6. The molecule has 0 radical (unpaired) electrons. The Morgan fingerprint density at radius 1 is 1.24 bits per heavy atom. The number of hydrogen-bond donors (Lipinski definition) is 1. The van der Waals surface area contributed by atoms with E-state index < -0.39 is 5.60 Å². The van der Waals surface area contributed by atoms with Gasteiger partial charge in [-0.05, 0) is 23.8 Å². The number of rotatable bonds is 2. The lowest BCUT2D eigenvalue weighted by Gasteiger charge is -2.45. The molecule has 1 heterocycles. The van der Waals surface area contributed by atoms with E-state index in [4.69, 9.17) is 4.74 Å². The summed E-state index contributed by atoms with van der Waals surface area (Å²) in [6.07, 6.45) is 0.892. The zero-order valence-electron chi connectivity index (χ0n) is 13.1. The molecule has 116 valence electrons. The molecule has 0 unspecified atom stereocenters. The molecule has 1 aromatic rings. The van der Waals surface area contributed by atoms with Gasteiger partial charge in [0.1, 0.15) is 6.61 Å². The van der Waals surface area contributed by atoms with Gasteiger partial charge in [0, 0.05) is 13.1 Å². The maximum Gasteiger partial charge on any atom is 0.410 e. The van der Waals surface area contributed by atoms with Crippen molar-refractivity contribution in [2.75, 3.05) is 13.1 Å². The molecule has 0 spiro atoms. The van der Waals surface area contributed by atoms with Crippen LogP contribution in [0.25, 0.3) is 0 Å². The molecule has 1 saturated heterocycles. The molecule has 1 aliphatic heterocycles. The normalized spacial score (nSPS) is 18.4. The lowest BCUT2D eigenvalue weighted by Crippen LogP contribution is -2.53. The Morgan fingerprint density at radius 3 is 2.33 bits per heavy atom. The number of likely N-dealkylation sites (tertiary alicyclic amines) is 1. The van der Waals surface area contributed by atoms with Crippen molar-refractivity contribution < 1.29 is 14.6 Å². The van der Waals surface area contributed by atoms with Gasteiger partial charge in [-0.3, -0.25) is 0 Å². The molecule has 1 amide bonds. The van der Waals surface area contributed by atoms with E-state index in [1.807, 2.05) is 51.1 Å². The van der Waals surface area contributed by atoms with Crippen LogP contribution in [0.15, 0.2) is 30.3 Å². The summed E-state index contributed by atoms with van der Waals surface area (Å²) in [6.45, 7) is 7.49. The number of carbonyl (C=O) groups is 1.